The van der Waals surface area contributed by atoms with Crippen LogP contribution in [0.5, 0.6) is 0 Å². The highest BCUT2D eigenvalue weighted by Crippen LogP contribution is 2.07. The van der Waals surface area contributed by atoms with E-state index in [9.17, 15) is 4.79 Å². The molecule has 2 aromatic rings. The van der Waals surface area contributed by atoms with Crippen LogP contribution in [0.4, 0.5) is 5.82 Å². The molecule has 0 aliphatic carbocycles. The van der Waals surface area contributed by atoms with E-state index < -0.39 is 5.97 Å². The van der Waals surface area contributed by atoms with E-state index in [4.69, 9.17) is 9.52 Å². The molecule has 0 spiro atoms. The van der Waals surface area contributed by atoms with Crippen LogP contribution in [0.2, 0.25) is 0 Å². The van der Waals surface area contributed by atoms with Crippen LogP contribution in [-0.2, 0) is 13.0 Å². The SMILES string of the molecule is CCc1cnc(CNc2ccc(C(=O)O)nn2)o1. The first-order valence-electron chi connectivity index (χ1n) is 5.43. The van der Waals surface area contributed by atoms with Gasteiger partial charge in [0.15, 0.2) is 5.69 Å². The van der Waals surface area contributed by atoms with E-state index in [1.54, 1.807) is 12.3 Å². The number of carboxylic acids is 1. The van der Waals surface area contributed by atoms with Gasteiger partial charge in [-0.15, -0.1) is 10.2 Å². The van der Waals surface area contributed by atoms with Crippen LogP contribution in [0.25, 0.3) is 0 Å². The average molecular weight is 248 g/mol. The summed E-state index contributed by atoms with van der Waals surface area (Å²) in [6.07, 6.45) is 2.47. The van der Waals surface area contributed by atoms with Gasteiger partial charge in [0.05, 0.1) is 12.7 Å². The number of carboxylic acid groups (broad SMARTS) is 1. The van der Waals surface area contributed by atoms with E-state index in [1.165, 1.54) is 6.07 Å². The van der Waals surface area contributed by atoms with Gasteiger partial charge in [-0.2, -0.15) is 0 Å². The predicted octanol–water partition coefficient (Wildman–Crippen LogP) is 1.34. The van der Waals surface area contributed by atoms with Gasteiger partial charge < -0.3 is 14.8 Å². The fourth-order valence-electron chi connectivity index (χ4n) is 1.30. The Kier molecular flexibility index (Phi) is 3.52. The highest BCUT2D eigenvalue weighted by atomic mass is 16.4. The molecule has 0 radical (unpaired) electrons. The van der Waals surface area contributed by atoms with Gasteiger partial charge in [0.25, 0.3) is 0 Å². The number of carbonyl (C=O) groups is 1. The van der Waals surface area contributed by atoms with Gasteiger partial charge in [0, 0.05) is 6.42 Å². The Hall–Kier alpha value is -2.44. The summed E-state index contributed by atoms with van der Waals surface area (Å²) in [6.45, 7) is 2.36. The number of hydrogen-bond donors (Lipinski definition) is 2. The van der Waals surface area contributed by atoms with Crippen molar-refractivity contribution in [3.05, 3.63) is 35.7 Å². The maximum absolute atomic E-state index is 10.6. The van der Waals surface area contributed by atoms with Crippen molar-refractivity contribution in [2.45, 2.75) is 19.9 Å². The number of nitrogens with zero attached hydrogens (tertiary/aromatic N) is 3. The fourth-order valence-corrected chi connectivity index (χ4v) is 1.30. The van der Waals surface area contributed by atoms with Crippen molar-refractivity contribution in [2.24, 2.45) is 0 Å². The number of aryl methyl sites for hydroxylation is 1. The van der Waals surface area contributed by atoms with E-state index >= 15 is 0 Å². The molecule has 18 heavy (non-hydrogen) atoms. The lowest BCUT2D eigenvalue weighted by molar-refractivity contribution is 0.0689. The number of aromatic nitrogens is 3. The Morgan fingerprint density at radius 3 is 2.83 bits per heavy atom. The minimum Gasteiger partial charge on any atom is -0.476 e. The first kappa shape index (κ1) is 12.0. The molecule has 2 rings (SSSR count). The van der Waals surface area contributed by atoms with Gasteiger partial charge in [0.2, 0.25) is 5.89 Å². The second-order valence-corrected chi connectivity index (χ2v) is 3.54. The van der Waals surface area contributed by atoms with Crippen molar-refractivity contribution >= 4 is 11.8 Å². The van der Waals surface area contributed by atoms with Crippen molar-refractivity contribution in [2.75, 3.05) is 5.32 Å². The lowest BCUT2D eigenvalue weighted by Crippen LogP contribution is -2.06. The maximum atomic E-state index is 10.6. The van der Waals surface area contributed by atoms with Gasteiger partial charge in [-0.1, -0.05) is 6.92 Å². The Bertz CT molecular complexity index is 535. The Labute approximate surface area is 103 Å². The molecule has 7 heteroatoms. The van der Waals surface area contributed by atoms with E-state index in [2.05, 4.69) is 20.5 Å². The lowest BCUT2D eigenvalue weighted by atomic mass is 10.4. The van der Waals surface area contributed by atoms with E-state index in [0.717, 1.165) is 12.2 Å². The summed E-state index contributed by atoms with van der Waals surface area (Å²) in [5, 5.41) is 18.9. The van der Waals surface area contributed by atoms with Crippen molar-refractivity contribution in [3.63, 3.8) is 0 Å². The Balaban J connectivity index is 1.95. The topological polar surface area (TPSA) is 101 Å². The molecule has 94 valence electrons. The van der Waals surface area contributed by atoms with Crippen LogP contribution < -0.4 is 5.32 Å². The van der Waals surface area contributed by atoms with Gasteiger partial charge in [-0.3, -0.25) is 0 Å². The molecule has 7 nitrogen and oxygen atoms in total. The van der Waals surface area contributed by atoms with Gasteiger partial charge >= 0.3 is 5.97 Å². The fraction of sp³-hybridized carbons (Fsp3) is 0.273. The molecule has 0 aliphatic rings. The summed E-state index contributed by atoms with van der Waals surface area (Å²) in [7, 11) is 0. The first-order chi connectivity index (χ1) is 8.69. The second kappa shape index (κ2) is 5.26. The highest BCUT2D eigenvalue weighted by Gasteiger charge is 2.06. The largest absolute Gasteiger partial charge is 0.476 e. The summed E-state index contributed by atoms with van der Waals surface area (Å²) in [4.78, 5) is 14.7. The predicted molar refractivity (Wildman–Crippen MR) is 62.2 cm³/mol. The van der Waals surface area contributed by atoms with Crippen LogP contribution >= 0.6 is 0 Å². The third-order valence-electron chi connectivity index (χ3n) is 2.25. The molecule has 0 fully saturated rings. The first-order valence-corrected chi connectivity index (χ1v) is 5.43. The molecular weight excluding hydrogens is 236 g/mol. The minimum atomic E-state index is -1.10. The highest BCUT2D eigenvalue weighted by molar-refractivity contribution is 5.85. The number of oxazole rings is 1. The van der Waals surface area contributed by atoms with Crippen LogP contribution in [0.1, 0.15) is 29.1 Å². The summed E-state index contributed by atoms with van der Waals surface area (Å²) in [6, 6.07) is 2.92. The number of rotatable bonds is 5. The number of hydrogen-bond acceptors (Lipinski definition) is 6. The van der Waals surface area contributed by atoms with Crippen molar-refractivity contribution in [1.82, 2.24) is 15.2 Å². The second-order valence-electron chi connectivity index (χ2n) is 3.54. The smallest absolute Gasteiger partial charge is 0.356 e. The van der Waals surface area contributed by atoms with Crippen molar-refractivity contribution in [3.8, 4) is 0 Å². The zero-order chi connectivity index (χ0) is 13.0. The molecule has 2 heterocycles. The number of nitrogens with one attached hydrogen (secondary N) is 1. The monoisotopic (exact) mass is 248 g/mol. The van der Waals surface area contributed by atoms with E-state index in [-0.39, 0.29) is 5.69 Å². The molecule has 0 saturated carbocycles. The summed E-state index contributed by atoms with van der Waals surface area (Å²) >= 11 is 0. The molecule has 0 saturated heterocycles. The Morgan fingerprint density at radius 2 is 2.28 bits per heavy atom. The summed E-state index contributed by atoms with van der Waals surface area (Å²) in [5.74, 6) is 0.737. The molecular formula is C11H12N4O3. The third kappa shape index (κ3) is 2.82. The van der Waals surface area contributed by atoms with Crippen LogP contribution in [0.3, 0.4) is 0 Å². The zero-order valence-corrected chi connectivity index (χ0v) is 9.75. The quantitative estimate of drug-likeness (QED) is 0.823. The molecule has 0 bridgehead atoms. The van der Waals surface area contributed by atoms with Crippen molar-refractivity contribution < 1.29 is 14.3 Å². The number of anilines is 1. The minimum absolute atomic E-state index is 0.0926. The molecule has 0 unspecified atom stereocenters. The molecule has 0 aliphatic heterocycles. The number of aromatic carboxylic acids is 1. The Morgan fingerprint density at radius 1 is 1.44 bits per heavy atom. The van der Waals surface area contributed by atoms with Crippen LogP contribution in [0.15, 0.2) is 22.7 Å². The molecule has 0 atom stereocenters. The average Bonchev–Trinajstić information content (AvgIpc) is 2.85. The molecule has 0 amide bonds. The molecule has 0 aromatic carbocycles. The van der Waals surface area contributed by atoms with Crippen LogP contribution in [-0.4, -0.2) is 26.3 Å². The van der Waals surface area contributed by atoms with Gasteiger partial charge in [-0.05, 0) is 12.1 Å². The van der Waals surface area contributed by atoms with Crippen LogP contribution in [0, 0.1) is 0 Å². The van der Waals surface area contributed by atoms with E-state index in [1.807, 2.05) is 6.92 Å². The summed E-state index contributed by atoms with van der Waals surface area (Å²) in [5.41, 5.74) is -0.0926. The standard InChI is InChI=1S/C11H12N4O3/c1-2-7-5-13-10(18-7)6-12-9-4-3-8(11(16)17)14-15-9/h3-5H,2,6H2,1H3,(H,12,15)(H,16,17). The zero-order valence-electron chi connectivity index (χ0n) is 9.75. The molecule has 2 N–H and O–H groups in total. The summed E-state index contributed by atoms with van der Waals surface area (Å²) < 4.78 is 5.40. The van der Waals surface area contributed by atoms with Crippen molar-refractivity contribution in [1.29, 1.82) is 0 Å². The lowest BCUT2D eigenvalue weighted by Gasteiger charge is -2.01. The third-order valence-corrected chi connectivity index (χ3v) is 2.25. The molecule has 2 aromatic heterocycles. The normalized spacial score (nSPS) is 10.3. The van der Waals surface area contributed by atoms with E-state index in [0.29, 0.717) is 18.3 Å². The van der Waals surface area contributed by atoms with Gasteiger partial charge in [0.1, 0.15) is 11.6 Å². The maximum Gasteiger partial charge on any atom is 0.356 e. The van der Waals surface area contributed by atoms with Gasteiger partial charge in [-0.25, -0.2) is 9.78 Å².